The van der Waals surface area contributed by atoms with Gasteiger partial charge in [-0.15, -0.1) is 0 Å². The van der Waals surface area contributed by atoms with Crippen molar-refractivity contribution in [2.24, 2.45) is 0 Å². The maximum absolute atomic E-state index is 11.5. The average Bonchev–Trinajstić information content (AvgIpc) is 2.37. The largest absolute Gasteiger partial charge is 0.492 e. The second-order valence-corrected chi connectivity index (χ2v) is 5.18. The second kappa shape index (κ2) is 6.68. The molecule has 1 aromatic carbocycles. The van der Waals surface area contributed by atoms with E-state index in [-0.39, 0.29) is 17.9 Å². The summed E-state index contributed by atoms with van der Waals surface area (Å²) in [4.78, 5) is 22.4. The molecular formula is C13H15BrN2O3. The van der Waals surface area contributed by atoms with Gasteiger partial charge in [0.2, 0.25) is 11.8 Å². The molecule has 0 radical (unpaired) electrons. The van der Waals surface area contributed by atoms with Gasteiger partial charge < -0.3 is 10.1 Å². The SMILES string of the molecule is O=C1CCC(NCCOc2cccc(Br)c2)C(=O)N1. The molecule has 1 atom stereocenters. The van der Waals surface area contributed by atoms with Crippen molar-refractivity contribution < 1.29 is 14.3 Å². The third-order valence-electron chi connectivity index (χ3n) is 2.80. The van der Waals surface area contributed by atoms with Crippen LogP contribution < -0.4 is 15.4 Å². The van der Waals surface area contributed by atoms with Crippen LogP contribution in [0.3, 0.4) is 0 Å². The van der Waals surface area contributed by atoms with E-state index in [1.165, 1.54) is 0 Å². The lowest BCUT2D eigenvalue weighted by atomic mass is 10.1. The number of carbonyl (C=O) groups excluding carboxylic acids is 2. The first-order chi connectivity index (χ1) is 9.15. The zero-order valence-corrected chi connectivity index (χ0v) is 11.9. The fourth-order valence-corrected chi connectivity index (χ4v) is 2.23. The first-order valence-corrected chi connectivity index (χ1v) is 6.90. The molecule has 0 saturated carbocycles. The van der Waals surface area contributed by atoms with Gasteiger partial charge in [0, 0.05) is 17.4 Å². The van der Waals surface area contributed by atoms with Gasteiger partial charge in [0.25, 0.3) is 0 Å². The van der Waals surface area contributed by atoms with Crippen molar-refractivity contribution in [3.63, 3.8) is 0 Å². The second-order valence-electron chi connectivity index (χ2n) is 4.26. The summed E-state index contributed by atoms with van der Waals surface area (Å²) < 4.78 is 6.50. The monoisotopic (exact) mass is 326 g/mol. The lowest BCUT2D eigenvalue weighted by Gasteiger charge is -2.21. The van der Waals surface area contributed by atoms with Crippen LogP contribution in [0.5, 0.6) is 5.75 Å². The summed E-state index contributed by atoms with van der Waals surface area (Å²) in [6.07, 6.45) is 0.928. The molecule has 1 saturated heterocycles. The Labute approximate surface area is 119 Å². The molecule has 102 valence electrons. The highest BCUT2D eigenvalue weighted by Gasteiger charge is 2.25. The number of halogens is 1. The van der Waals surface area contributed by atoms with E-state index in [9.17, 15) is 9.59 Å². The van der Waals surface area contributed by atoms with Crippen molar-refractivity contribution in [3.05, 3.63) is 28.7 Å². The maximum Gasteiger partial charge on any atom is 0.243 e. The number of benzene rings is 1. The molecule has 2 amide bonds. The number of nitrogens with one attached hydrogen (secondary N) is 2. The van der Waals surface area contributed by atoms with Crippen LogP contribution in [0.1, 0.15) is 12.8 Å². The van der Waals surface area contributed by atoms with E-state index in [1.807, 2.05) is 24.3 Å². The highest BCUT2D eigenvalue weighted by atomic mass is 79.9. The van der Waals surface area contributed by atoms with E-state index in [0.29, 0.717) is 26.0 Å². The predicted molar refractivity (Wildman–Crippen MR) is 73.8 cm³/mol. The zero-order chi connectivity index (χ0) is 13.7. The van der Waals surface area contributed by atoms with Crippen molar-refractivity contribution >= 4 is 27.7 Å². The number of amides is 2. The molecule has 1 heterocycles. The van der Waals surface area contributed by atoms with Gasteiger partial charge >= 0.3 is 0 Å². The number of rotatable bonds is 5. The standard InChI is InChI=1S/C13H15BrN2O3/c14-9-2-1-3-10(8-9)19-7-6-15-11-4-5-12(17)16-13(11)18/h1-3,8,11,15H,4-7H2,(H,16,17,18). The summed E-state index contributed by atoms with van der Waals surface area (Å²) in [5.74, 6) is 0.326. The Hall–Kier alpha value is -1.40. The Bertz CT molecular complexity index is 479. The first kappa shape index (κ1) is 14.0. The molecule has 19 heavy (non-hydrogen) atoms. The summed E-state index contributed by atoms with van der Waals surface area (Å²) >= 11 is 3.37. The van der Waals surface area contributed by atoms with Crippen LogP contribution in [-0.2, 0) is 9.59 Å². The molecule has 0 aromatic heterocycles. The van der Waals surface area contributed by atoms with E-state index in [2.05, 4.69) is 26.6 Å². The van der Waals surface area contributed by atoms with Gasteiger partial charge in [0.15, 0.2) is 0 Å². The van der Waals surface area contributed by atoms with Crippen LogP contribution >= 0.6 is 15.9 Å². The molecule has 0 bridgehead atoms. The van der Waals surface area contributed by atoms with Crippen LogP contribution in [-0.4, -0.2) is 31.0 Å². The van der Waals surface area contributed by atoms with Crippen LogP contribution in [0.25, 0.3) is 0 Å². The summed E-state index contributed by atoms with van der Waals surface area (Å²) in [5.41, 5.74) is 0. The van der Waals surface area contributed by atoms with Gasteiger partial charge in [-0.3, -0.25) is 14.9 Å². The van der Waals surface area contributed by atoms with Crippen molar-refractivity contribution in [2.75, 3.05) is 13.2 Å². The zero-order valence-electron chi connectivity index (χ0n) is 10.3. The number of ether oxygens (including phenoxy) is 1. The van der Waals surface area contributed by atoms with Crippen molar-refractivity contribution in [2.45, 2.75) is 18.9 Å². The minimum Gasteiger partial charge on any atom is -0.492 e. The van der Waals surface area contributed by atoms with Crippen LogP contribution in [0.15, 0.2) is 28.7 Å². The van der Waals surface area contributed by atoms with Gasteiger partial charge in [0.1, 0.15) is 12.4 Å². The molecule has 0 aliphatic carbocycles. The highest BCUT2D eigenvalue weighted by Crippen LogP contribution is 2.17. The number of piperidine rings is 1. The molecule has 1 fully saturated rings. The smallest absolute Gasteiger partial charge is 0.243 e. The normalized spacial score (nSPS) is 19.1. The van der Waals surface area contributed by atoms with E-state index >= 15 is 0 Å². The molecule has 1 aromatic rings. The predicted octanol–water partition coefficient (Wildman–Crippen LogP) is 1.22. The van der Waals surface area contributed by atoms with Gasteiger partial charge in [-0.25, -0.2) is 0 Å². The van der Waals surface area contributed by atoms with Crippen LogP contribution in [0.4, 0.5) is 0 Å². The van der Waals surface area contributed by atoms with Crippen LogP contribution in [0.2, 0.25) is 0 Å². The Morgan fingerprint density at radius 1 is 1.42 bits per heavy atom. The molecular weight excluding hydrogens is 312 g/mol. The summed E-state index contributed by atoms with van der Waals surface area (Å²) in [5, 5.41) is 5.38. The van der Waals surface area contributed by atoms with Gasteiger partial charge in [-0.2, -0.15) is 0 Å². The molecule has 0 spiro atoms. The number of imide groups is 1. The van der Waals surface area contributed by atoms with E-state index < -0.39 is 0 Å². The molecule has 2 N–H and O–H groups in total. The Kier molecular flexibility index (Phi) is 4.93. The lowest BCUT2D eigenvalue weighted by Crippen LogP contribution is -2.51. The summed E-state index contributed by atoms with van der Waals surface area (Å²) in [7, 11) is 0. The van der Waals surface area contributed by atoms with E-state index in [1.54, 1.807) is 0 Å². The number of hydrogen-bond donors (Lipinski definition) is 2. The van der Waals surface area contributed by atoms with Crippen molar-refractivity contribution in [3.8, 4) is 5.75 Å². The van der Waals surface area contributed by atoms with Gasteiger partial charge in [-0.1, -0.05) is 22.0 Å². The van der Waals surface area contributed by atoms with Crippen molar-refractivity contribution in [1.29, 1.82) is 0 Å². The van der Waals surface area contributed by atoms with Gasteiger partial charge in [-0.05, 0) is 24.6 Å². The minimum absolute atomic E-state index is 0.201. The Morgan fingerprint density at radius 2 is 2.26 bits per heavy atom. The molecule has 1 unspecified atom stereocenters. The first-order valence-electron chi connectivity index (χ1n) is 6.10. The topological polar surface area (TPSA) is 67.4 Å². The summed E-state index contributed by atoms with van der Waals surface area (Å²) in [6, 6.07) is 7.27. The van der Waals surface area contributed by atoms with E-state index in [4.69, 9.17) is 4.74 Å². The Balaban J connectivity index is 1.69. The van der Waals surface area contributed by atoms with E-state index in [0.717, 1.165) is 10.2 Å². The molecule has 1 aliphatic heterocycles. The molecule has 6 heteroatoms. The molecule has 2 rings (SSSR count). The third-order valence-corrected chi connectivity index (χ3v) is 3.29. The maximum atomic E-state index is 11.5. The lowest BCUT2D eigenvalue weighted by molar-refractivity contribution is -0.134. The fraction of sp³-hybridized carbons (Fsp3) is 0.385. The quantitative estimate of drug-likeness (QED) is 0.630. The summed E-state index contributed by atoms with van der Waals surface area (Å²) in [6.45, 7) is 1.02. The van der Waals surface area contributed by atoms with Crippen LogP contribution in [0, 0.1) is 0 Å². The highest BCUT2D eigenvalue weighted by molar-refractivity contribution is 9.10. The number of hydrogen-bond acceptors (Lipinski definition) is 4. The van der Waals surface area contributed by atoms with Gasteiger partial charge in [0.05, 0.1) is 6.04 Å². The minimum atomic E-state index is -0.302. The Morgan fingerprint density at radius 3 is 3.00 bits per heavy atom. The number of carbonyl (C=O) groups is 2. The van der Waals surface area contributed by atoms with Crippen molar-refractivity contribution in [1.82, 2.24) is 10.6 Å². The fourth-order valence-electron chi connectivity index (χ4n) is 1.85. The third kappa shape index (κ3) is 4.33. The molecule has 1 aliphatic rings. The molecule has 5 nitrogen and oxygen atoms in total. The average molecular weight is 327 g/mol.